The maximum Gasteiger partial charge on any atom is 0.227 e. The van der Waals surface area contributed by atoms with E-state index in [-0.39, 0.29) is 0 Å². The zero-order valence-electron chi connectivity index (χ0n) is 9.22. The zero-order chi connectivity index (χ0) is 11.1. The van der Waals surface area contributed by atoms with Gasteiger partial charge in [-0.3, -0.25) is 0 Å². The highest BCUT2D eigenvalue weighted by atomic mass is 79.9. The van der Waals surface area contributed by atoms with Crippen molar-refractivity contribution >= 4 is 15.9 Å². The number of halogens is 1. The van der Waals surface area contributed by atoms with E-state index in [0.29, 0.717) is 12.5 Å². The first-order chi connectivity index (χ1) is 7.24. The summed E-state index contributed by atoms with van der Waals surface area (Å²) >= 11 is 3.42. The normalized spacial score (nSPS) is 10.3. The Morgan fingerprint density at radius 3 is 2.93 bits per heavy atom. The lowest BCUT2D eigenvalue weighted by molar-refractivity contribution is 0.300. The lowest BCUT2D eigenvalue weighted by atomic mass is 10.3. The van der Waals surface area contributed by atoms with Crippen molar-refractivity contribution in [2.75, 3.05) is 19.7 Å². The second-order valence-corrected chi connectivity index (χ2v) is 4.25. The minimum absolute atomic E-state index is 0.647. The van der Waals surface area contributed by atoms with Crippen LogP contribution < -0.4 is 10.1 Å². The number of ether oxygens (including phenoxy) is 1. The first-order valence-corrected chi connectivity index (χ1v) is 5.99. The van der Waals surface area contributed by atoms with Crippen molar-refractivity contribution in [2.24, 2.45) is 0 Å². The van der Waals surface area contributed by atoms with Crippen LogP contribution in [0.4, 0.5) is 0 Å². The van der Waals surface area contributed by atoms with Gasteiger partial charge in [0.2, 0.25) is 5.88 Å². The Labute approximate surface area is 99.4 Å². The molecule has 3 nitrogen and oxygen atoms in total. The van der Waals surface area contributed by atoms with E-state index in [1.165, 1.54) is 0 Å². The van der Waals surface area contributed by atoms with Gasteiger partial charge in [-0.05, 0) is 47.4 Å². The fourth-order valence-electron chi connectivity index (χ4n) is 1.15. The van der Waals surface area contributed by atoms with Crippen molar-refractivity contribution < 1.29 is 4.74 Å². The van der Waals surface area contributed by atoms with Crippen LogP contribution in [0.25, 0.3) is 0 Å². The third-order valence-corrected chi connectivity index (χ3v) is 2.46. The molecule has 0 saturated heterocycles. The van der Waals surface area contributed by atoms with Gasteiger partial charge in [-0.25, -0.2) is 4.98 Å². The van der Waals surface area contributed by atoms with Crippen LogP contribution in [0.5, 0.6) is 5.88 Å². The minimum Gasteiger partial charge on any atom is -0.476 e. The van der Waals surface area contributed by atoms with Gasteiger partial charge >= 0.3 is 0 Å². The fourth-order valence-corrected chi connectivity index (χ4v) is 1.73. The third kappa shape index (κ3) is 4.62. The van der Waals surface area contributed by atoms with Crippen molar-refractivity contribution in [3.05, 3.63) is 22.3 Å². The largest absolute Gasteiger partial charge is 0.476 e. The van der Waals surface area contributed by atoms with Gasteiger partial charge in [0.05, 0.1) is 4.47 Å². The topological polar surface area (TPSA) is 34.1 Å². The van der Waals surface area contributed by atoms with Crippen molar-refractivity contribution in [3.63, 3.8) is 0 Å². The molecule has 1 aromatic heterocycles. The molecular weight excluding hydrogens is 256 g/mol. The standard InChI is InChI=1S/C11H17BrN2O/c1-3-4-13-5-6-15-11-10(12)7-9(2)8-14-11/h7-8,13H,3-6H2,1-2H3. The Morgan fingerprint density at radius 2 is 2.27 bits per heavy atom. The molecule has 1 rings (SSSR count). The zero-order valence-corrected chi connectivity index (χ0v) is 10.8. The number of hydrogen-bond acceptors (Lipinski definition) is 3. The van der Waals surface area contributed by atoms with Crippen molar-refractivity contribution in [2.45, 2.75) is 20.3 Å². The molecule has 0 saturated carbocycles. The number of aryl methyl sites for hydroxylation is 1. The maximum atomic E-state index is 5.52. The average Bonchev–Trinajstić information content (AvgIpc) is 2.20. The number of nitrogens with one attached hydrogen (secondary N) is 1. The van der Waals surface area contributed by atoms with Crippen LogP contribution >= 0.6 is 15.9 Å². The van der Waals surface area contributed by atoms with E-state index in [2.05, 4.69) is 33.2 Å². The number of rotatable bonds is 6. The first kappa shape index (κ1) is 12.5. The molecule has 0 aliphatic heterocycles. The Balaban J connectivity index is 2.31. The van der Waals surface area contributed by atoms with Gasteiger partial charge in [0.1, 0.15) is 6.61 Å². The van der Waals surface area contributed by atoms with Crippen molar-refractivity contribution in [3.8, 4) is 5.88 Å². The summed E-state index contributed by atoms with van der Waals surface area (Å²) in [6, 6.07) is 2.00. The molecule has 0 spiro atoms. The molecule has 1 aromatic rings. The Morgan fingerprint density at radius 1 is 1.47 bits per heavy atom. The van der Waals surface area contributed by atoms with E-state index in [1.807, 2.05) is 13.0 Å². The van der Waals surface area contributed by atoms with Crippen LogP contribution in [-0.2, 0) is 0 Å². The molecule has 0 aliphatic carbocycles. The molecule has 15 heavy (non-hydrogen) atoms. The highest BCUT2D eigenvalue weighted by Crippen LogP contribution is 2.22. The van der Waals surface area contributed by atoms with Gasteiger partial charge in [-0.15, -0.1) is 0 Å². The summed E-state index contributed by atoms with van der Waals surface area (Å²) in [7, 11) is 0. The highest BCUT2D eigenvalue weighted by molar-refractivity contribution is 9.10. The van der Waals surface area contributed by atoms with E-state index < -0.39 is 0 Å². The number of aromatic nitrogens is 1. The van der Waals surface area contributed by atoms with Gasteiger partial charge in [0.25, 0.3) is 0 Å². The average molecular weight is 273 g/mol. The fraction of sp³-hybridized carbons (Fsp3) is 0.545. The van der Waals surface area contributed by atoms with Gasteiger partial charge in [0, 0.05) is 12.7 Å². The quantitative estimate of drug-likeness (QED) is 0.809. The highest BCUT2D eigenvalue weighted by Gasteiger charge is 2.01. The number of hydrogen-bond donors (Lipinski definition) is 1. The molecule has 0 amide bonds. The summed E-state index contributed by atoms with van der Waals surface area (Å²) in [5.74, 6) is 0.666. The molecule has 0 radical (unpaired) electrons. The number of nitrogens with zero attached hydrogens (tertiary/aromatic N) is 1. The van der Waals surface area contributed by atoms with Crippen molar-refractivity contribution in [1.29, 1.82) is 0 Å². The lowest BCUT2D eigenvalue weighted by Crippen LogP contribution is -2.21. The van der Waals surface area contributed by atoms with Gasteiger partial charge in [0.15, 0.2) is 0 Å². The smallest absolute Gasteiger partial charge is 0.227 e. The molecule has 1 N–H and O–H groups in total. The molecule has 4 heteroatoms. The molecular formula is C11H17BrN2O. The molecule has 1 heterocycles. The molecule has 0 atom stereocenters. The molecule has 0 bridgehead atoms. The Hall–Kier alpha value is -0.610. The van der Waals surface area contributed by atoms with Gasteiger partial charge < -0.3 is 10.1 Å². The Bertz CT molecular complexity index is 305. The predicted molar refractivity (Wildman–Crippen MR) is 65.3 cm³/mol. The predicted octanol–water partition coefficient (Wildman–Crippen LogP) is 2.53. The second-order valence-electron chi connectivity index (χ2n) is 3.40. The second kappa shape index (κ2) is 6.80. The number of pyridine rings is 1. The summed E-state index contributed by atoms with van der Waals surface area (Å²) in [6.07, 6.45) is 2.95. The van der Waals surface area contributed by atoms with Gasteiger partial charge in [-0.1, -0.05) is 6.92 Å². The molecule has 0 unspecified atom stereocenters. The van der Waals surface area contributed by atoms with Crippen LogP contribution in [0, 0.1) is 6.92 Å². The third-order valence-electron chi connectivity index (χ3n) is 1.89. The molecule has 0 aliphatic rings. The molecule has 84 valence electrons. The lowest BCUT2D eigenvalue weighted by Gasteiger charge is -2.07. The molecule has 0 aromatic carbocycles. The van der Waals surface area contributed by atoms with Crippen LogP contribution in [0.1, 0.15) is 18.9 Å². The summed E-state index contributed by atoms with van der Waals surface area (Å²) in [6.45, 7) is 6.69. The monoisotopic (exact) mass is 272 g/mol. The van der Waals surface area contributed by atoms with Crippen molar-refractivity contribution in [1.82, 2.24) is 10.3 Å². The van der Waals surface area contributed by atoms with E-state index in [9.17, 15) is 0 Å². The van der Waals surface area contributed by atoms with Crippen LogP contribution in [0.2, 0.25) is 0 Å². The molecule has 0 fully saturated rings. The van der Waals surface area contributed by atoms with Crippen LogP contribution in [0.15, 0.2) is 16.7 Å². The summed E-state index contributed by atoms with van der Waals surface area (Å²) in [5.41, 5.74) is 1.12. The van der Waals surface area contributed by atoms with E-state index in [0.717, 1.165) is 29.5 Å². The first-order valence-electron chi connectivity index (χ1n) is 5.19. The van der Waals surface area contributed by atoms with E-state index in [4.69, 9.17) is 4.74 Å². The van der Waals surface area contributed by atoms with Crippen LogP contribution in [0.3, 0.4) is 0 Å². The summed E-state index contributed by atoms with van der Waals surface area (Å²) in [5, 5.41) is 3.27. The SMILES string of the molecule is CCCNCCOc1ncc(C)cc1Br. The maximum absolute atomic E-state index is 5.52. The van der Waals surface area contributed by atoms with Crippen LogP contribution in [-0.4, -0.2) is 24.7 Å². The van der Waals surface area contributed by atoms with E-state index >= 15 is 0 Å². The van der Waals surface area contributed by atoms with E-state index in [1.54, 1.807) is 6.20 Å². The summed E-state index contributed by atoms with van der Waals surface area (Å²) in [4.78, 5) is 4.20. The minimum atomic E-state index is 0.647. The summed E-state index contributed by atoms with van der Waals surface area (Å²) < 4.78 is 6.43. The van der Waals surface area contributed by atoms with Gasteiger partial charge in [-0.2, -0.15) is 0 Å². The Kier molecular flexibility index (Phi) is 5.65.